The third-order valence-electron chi connectivity index (χ3n) is 4.21. The summed E-state index contributed by atoms with van der Waals surface area (Å²) in [6.45, 7) is 3.36. The molecule has 0 saturated heterocycles. The fraction of sp³-hybridized carbons (Fsp3) is 0.471. The molecule has 0 spiro atoms. The molecule has 0 unspecified atom stereocenters. The number of nitrogens with one attached hydrogen (secondary N) is 2. The molecule has 0 saturated carbocycles. The molecule has 1 heterocycles. The molecule has 0 aromatic heterocycles. The van der Waals surface area contributed by atoms with Gasteiger partial charge in [-0.1, -0.05) is 17.7 Å². The summed E-state index contributed by atoms with van der Waals surface area (Å²) in [5.41, 5.74) is 4.54. The van der Waals surface area contributed by atoms with Crippen molar-refractivity contribution in [2.45, 2.75) is 51.9 Å². The van der Waals surface area contributed by atoms with Gasteiger partial charge in [0.1, 0.15) is 0 Å². The molecule has 1 atom stereocenters. The van der Waals surface area contributed by atoms with Gasteiger partial charge in [0.25, 0.3) is 0 Å². The maximum absolute atomic E-state index is 12.1. The lowest BCUT2D eigenvalue weighted by Crippen LogP contribution is -2.37. The summed E-state index contributed by atoms with van der Waals surface area (Å²) in [4.78, 5) is 12.1. The number of hydrogen-bond acceptors (Lipinski definition) is 2. The van der Waals surface area contributed by atoms with E-state index in [9.17, 15) is 4.79 Å². The van der Waals surface area contributed by atoms with Crippen LogP contribution in [-0.4, -0.2) is 12.1 Å². The zero-order valence-electron chi connectivity index (χ0n) is 12.4. The molecule has 112 valence electrons. The molecule has 0 bridgehead atoms. The van der Waals surface area contributed by atoms with E-state index in [0.717, 1.165) is 24.1 Å². The van der Waals surface area contributed by atoms with Crippen LogP contribution in [-0.2, 0) is 18.0 Å². The number of urea groups is 1. The Labute approximate surface area is 125 Å². The molecule has 21 heavy (non-hydrogen) atoms. The Morgan fingerprint density at radius 1 is 1.24 bits per heavy atom. The minimum atomic E-state index is -0.146. The van der Waals surface area contributed by atoms with E-state index >= 15 is 0 Å². The van der Waals surface area contributed by atoms with Crippen molar-refractivity contribution >= 4 is 11.7 Å². The average molecular weight is 286 g/mol. The molecule has 1 aromatic rings. The first-order chi connectivity index (χ1) is 10.2. The maximum Gasteiger partial charge on any atom is 0.319 e. The van der Waals surface area contributed by atoms with Crippen LogP contribution in [0.1, 0.15) is 43.7 Å². The monoisotopic (exact) mass is 286 g/mol. The first kappa shape index (κ1) is 14.1. The van der Waals surface area contributed by atoms with Gasteiger partial charge < -0.3 is 15.4 Å². The Balaban J connectivity index is 1.57. The van der Waals surface area contributed by atoms with Crippen LogP contribution in [0.5, 0.6) is 0 Å². The second-order valence-electron chi connectivity index (χ2n) is 5.82. The zero-order chi connectivity index (χ0) is 14.7. The van der Waals surface area contributed by atoms with Crippen LogP contribution in [0.25, 0.3) is 0 Å². The van der Waals surface area contributed by atoms with E-state index in [0.29, 0.717) is 13.2 Å². The molecular formula is C17H22N2O2. The lowest BCUT2D eigenvalue weighted by molar-refractivity contribution is 0.134. The standard InChI is InChI=1S/C17H22N2O2/c1-12(13-5-3-2-4-6-13)18-17(20)19-16-8-7-14-10-21-11-15(14)9-16/h5,7-9,12H,2-4,6,10-11H2,1H3,(H2,18,19,20)/t12-/m0/s1. The molecule has 2 aliphatic rings. The molecule has 2 amide bonds. The highest BCUT2D eigenvalue weighted by atomic mass is 16.5. The Morgan fingerprint density at radius 2 is 2.10 bits per heavy atom. The van der Waals surface area contributed by atoms with E-state index in [-0.39, 0.29) is 12.1 Å². The predicted octanol–water partition coefficient (Wildman–Crippen LogP) is 3.73. The second kappa shape index (κ2) is 6.31. The van der Waals surface area contributed by atoms with Crippen molar-refractivity contribution < 1.29 is 9.53 Å². The Bertz CT molecular complexity index is 566. The van der Waals surface area contributed by atoms with Gasteiger partial charge in [0.2, 0.25) is 0 Å². The summed E-state index contributed by atoms with van der Waals surface area (Å²) in [5, 5.41) is 5.93. The summed E-state index contributed by atoms with van der Waals surface area (Å²) >= 11 is 0. The minimum Gasteiger partial charge on any atom is -0.372 e. The molecular weight excluding hydrogens is 264 g/mol. The van der Waals surface area contributed by atoms with E-state index in [1.54, 1.807) is 0 Å². The second-order valence-corrected chi connectivity index (χ2v) is 5.82. The summed E-state index contributed by atoms with van der Waals surface area (Å²) in [6, 6.07) is 5.89. The van der Waals surface area contributed by atoms with Gasteiger partial charge in [-0.3, -0.25) is 0 Å². The first-order valence-electron chi connectivity index (χ1n) is 7.68. The third-order valence-corrected chi connectivity index (χ3v) is 4.21. The molecule has 3 rings (SSSR count). The quantitative estimate of drug-likeness (QED) is 0.832. The SMILES string of the molecule is C[C@H](NC(=O)Nc1ccc2c(c1)COC2)C1=CCCCC1. The van der Waals surface area contributed by atoms with Crippen molar-refractivity contribution in [1.29, 1.82) is 0 Å². The smallest absolute Gasteiger partial charge is 0.319 e. The lowest BCUT2D eigenvalue weighted by atomic mass is 9.95. The number of carbonyl (C=O) groups is 1. The number of amides is 2. The van der Waals surface area contributed by atoms with Gasteiger partial charge in [-0.25, -0.2) is 4.79 Å². The predicted molar refractivity (Wildman–Crippen MR) is 83.1 cm³/mol. The highest BCUT2D eigenvalue weighted by Crippen LogP contribution is 2.23. The molecule has 0 radical (unpaired) electrons. The lowest BCUT2D eigenvalue weighted by Gasteiger charge is -2.21. The highest BCUT2D eigenvalue weighted by molar-refractivity contribution is 5.89. The number of carbonyl (C=O) groups excluding carboxylic acids is 1. The van der Waals surface area contributed by atoms with Gasteiger partial charge in [-0.2, -0.15) is 0 Å². The highest BCUT2D eigenvalue weighted by Gasteiger charge is 2.15. The minimum absolute atomic E-state index is 0.100. The molecule has 0 fully saturated rings. The molecule has 4 nitrogen and oxygen atoms in total. The summed E-state index contributed by atoms with van der Waals surface area (Å²) in [5.74, 6) is 0. The molecule has 4 heteroatoms. The average Bonchev–Trinajstić information content (AvgIpc) is 2.95. The third kappa shape index (κ3) is 3.45. The number of ether oxygens (including phenoxy) is 1. The van der Waals surface area contributed by atoms with Gasteiger partial charge in [-0.15, -0.1) is 0 Å². The number of rotatable bonds is 3. The van der Waals surface area contributed by atoms with Gasteiger partial charge in [0.05, 0.1) is 13.2 Å². The fourth-order valence-corrected chi connectivity index (χ4v) is 2.96. The van der Waals surface area contributed by atoms with Crippen LogP contribution in [0.15, 0.2) is 29.8 Å². The Morgan fingerprint density at radius 3 is 2.90 bits per heavy atom. The fourth-order valence-electron chi connectivity index (χ4n) is 2.96. The van der Waals surface area contributed by atoms with Crippen molar-refractivity contribution in [3.8, 4) is 0 Å². The zero-order valence-corrected chi connectivity index (χ0v) is 12.4. The topological polar surface area (TPSA) is 50.4 Å². The Hall–Kier alpha value is -1.81. The summed E-state index contributed by atoms with van der Waals surface area (Å²) in [7, 11) is 0. The normalized spacial score (nSPS) is 18.6. The summed E-state index contributed by atoms with van der Waals surface area (Å²) in [6.07, 6.45) is 6.98. The van der Waals surface area contributed by atoms with Crippen LogP contribution >= 0.6 is 0 Å². The van der Waals surface area contributed by atoms with Crippen molar-refractivity contribution in [1.82, 2.24) is 5.32 Å². The first-order valence-corrected chi connectivity index (χ1v) is 7.68. The number of fused-ring (bicyclic) bond motifs is 1. The van der Waals surface area contributed by atoms with E-state index in [2.05, 4.69) is 16.7 Å². The van der Waals surface area contributed by atoms with Gasteiger partial charge in [0, 0.05) is 11.7 Å². The molecule has 2 N–H and O–H groups in total. The van der Waals surface area contributed by atoms with E-state index in [1.807, 2.05) is 25.1 Å². The van der Waals surface area contributed by atoms with Crippen molar-refractivity contribution in [3.63, 3.8) is 0 Å². The van der Waals surface area contributed by atoms with E-state index in [4.69, 9.17) is 4.74 Å². The number of benzene rings is 1. The summed E-state index contributed by atoms with van der Waals surface area (Å²) < 4.78 is 5.38. The largest absolute Gasteiger partial charge is 0.372 e. The van der Waals surface area contributed by atoms with Crippen LogP contribution in [0.4, 0.5) is 10.5 Å². The van der Waals surface area contributed by atoms with E-state index < -0.39 is 0 Å². The molecule has 1 aliphatic carbocycles. The van der Waals surface area contributed by atoms with Gasteiger partial charge in [-0.05, 0) is 55.9 Å². The van der Waals surface area contributed by atoms with Crippen molar-refractivity contribution in [2.75, 3.05) is 5.32 Å². The van der Waals surface area contributed by atoms with Crippen LogP contribution in [0.3, 0.4) is 0 Å². The van der Waals surface area contributed by atoms with Crippen LogP contribution < -0.4 is 10.6 Å². The van der Waals surface area contributed by atoms with Crippen molar-refractivity contribution in [3.05, 3.63) is 41.0 Å². The Kier molecular flexibility index (Phi) is 4.25. The molecule has 1 aliphatic heterocycles. The van der Waals surface area contributed by atoms with Crippen molar-refractivity contribution in [2.24, 2.45) is 0 Å². The van der Waals surface area contributed by atoms with Crippen LogP contribution in [0, 0.1) is 0 Å². The number of anilines is 1. The number of allylic oxidation sites excluding steroid dienone is 1. The van der Waals surface area contributed by atoms with Gasteiger partial charge >= 0.3 is 6.03 Å². The molecule has 1 aromatic carbocycles. The van der Waals surface area contributed by atoms with Gasteiger partial charge in [0.15, 0.2) is 0 Å². The number of hydrogen-bond donors (Lipinski definition) is 2. The maximum atomic E-state index is 12.1. The van der Waals surface area contributed by atoms with Crippen LogP contribution in [0.2, 0.25) is 0 Å². The van der Waals surface area contributed by atoms with E-state index in [1.165, 1.54) is 24.0 Å².